The number of allylic oxidation sites excluding steroid dienone is 8. The highest BCUT2D eigenvalue weighted by Gasteiger charge is 2.47. The summed E-state index contributed by atoms with van der Waals surface area (Å²) in [5.41, 5.74) is 0. The number of unbranched alkanes of at least 4 members (excludes halogenated alkanes) is 26. The van der Waals surface area contributed by atoms with Gasteiger partial charge in [-0.05, 0) is 77.0 Å². The van der Waals surface area contributed by atoms with E-state index in [4.69, 9.17) is 28.4 Å². The Morgan fingerprint density at radius 1 is 0.446 bits per heavy atom. The highest BCUT2D eigenvalue weighted by molar-refractivity contribution is 5.69. The Labute approximate surface area is 448 Å². The molecule has 0 radical (unpaired) electrons. The lowest BCUT2D eigenvalue weighted by Gasteiger charge is -2.42. The Bertz CT molecular complexity index is 1410. The first-order chi connectivity index (χ1) is 36.1. The van der Waals surface area contributed by atoms with E-state index in [1.54, 1.807) is 0 Å². The Morgan fingerprint density at radius 3 is 1.31 bits per heavy atom. The van der Waals surface area contributed by atoms with Crippen LogP contribution in [0.4, 0.5) is 0 Å². The Kier molecular flexibility index (Phi) is 43.2. The van der Waals surface area contributed by atoms with Gasteiger partial charge in [-0.25, -0.2) is 0 Å². The predicted octanol–water partition coefficient (Wildman–Crippen LogP) is 10.7. The van der Waals surface area contributed by atoms with E-state index in [1.165, 1.54) is 128 Å². The van der Waals surface area contributed by atoms with E-state index in [1.807, 2.05) is 0 Å². The van der Waals surface area contributed by atoms with Gasteiger partial charge in [-0.3, -0.25) is 4.79 Å². The number of rotatable bonds is 48. The van der Waals surface area contributed by atoms with Gasteiger partial charge in [-0.2, -0.15) is 0 Å². The van der Waals surface area contributed by atoms with Crippen molar-refractivity contribution < 1.29 is 69.0 Å². The van der Waals surface area contributed by atoms with Crippen LogP contribution in [-0.4, -0.2) is 142 Å². The third kappa shape index (κ3) is 33.3. The van der Waals surface area contributed by atoms with Crippen molar-refractivity contribution in [3.63, 3.8) is 0 Å². The second-order valence-corrected chi connectivity index (χ2v) is 20.8. The van der Waals surface area contributed by atoms with E-state index >= 15 is 0 Å². The quantitative estimate of drug-likeness (QED) is 0.0172. The molecule has 14 nitrogen and oxygen atoms in total. The van der Waals surface area contributed by atoms with Crippen LogP contribution >= 0.6 is 0 Å². The number of carbonyl (C=O) groups is 1. The molecule has 0 aromatic heterocycles. The summed E-state index contributed by atoms with van der Waals surface area (Å²) in [5, 5.41) is 72.3. The molecular weight excluding hydrogens is 945 g/mol. The molecule has 432 valence electrons. The topological polar surface area (TPSA) is 214 Å². The first-order valence-corrected chi connectivity index (χ1v) is 29.7. The number of esters is 1. The van der Waals surface area contributed by atoms with E-state index in [9.17, 15) is 40.5 Å². The van der Waals surface area contributed by atoms with Gasteiger partial charge in [0.1, 0.15) is 54.9 Å². The van der Waals surface area contributed by atoms with Gasteiger partial charge in [0.2, 0.25) is 0 Å². The van der Waals surface area contributed by atoms with Crippen molar-refractivity contribution >= 4 is 5.97 Å². The highest BCUT2D eigenvalue weighted by atomic mass is 16.7. The van der Waals surface area contributed by atoms with E-state index in [0.717, 1.165) is 70.6 Å². The monoisotopic (exact) mass is 1050 g/mol. The predicted molar refractivity (Wildman–Crippen MR) is 293 cm³/mol. The molecule has 0 bridgehead atoms. The average molecular weight is 1050 g/mol. The molecule has 74 heavy (non-hydrogen) atoms. The number of aliphatic hydroxyl groups excluding tert-OH is 7. The molecule has 2 aliphatic heterocycles. The zero-order valence-corrected chi connectivity index (χ0v) is 46.3. The molecule has 11 atom stereocenters. The van der Waals surface area contributed by atoms with E-state index in [-0.39, 0.29) is 25.6 Å². The van der Waals surface area contributed by atoms with E-state index in [0.29, 0.717) is 13.0 Å². The zero-order chi connectivity index (χ0) is 53.7. The maximum Gasteiger partial charge on any atom is 0.306 e. The van der Waals surface area contributed by atoms with Gasteiger partial charge in [0.15, 0.2) is 12.6 Å². The molecular formula is C60H108O14. The summed E-state index contributed by atoms with van der Waals surface area (Å²) in [7, 11) is 0. The van der Waals surface area contributed by atoms with Crippen molar-refractivity contribution in [1.29, 1.82) is 0 Å². The molecule has 2 rings (SSSR count). The summed E-state index contributed by atoms with van der Waals surface area (Å²) in [6.45, 7) is 3.66. The van der Waals surface area contributed by atoms with Crippen LogP contribution in [-0.2, 0) is 33.2 Å². The lowest BCUT2D eigenvalue weighted by Crippen LogP contribution is -2.61. The van der Waals surface area contributed by atoms with Crippen molar-refractivity contribution in [2.75, 3.05) is 33.0 Å². The van der Waals surface area contributed by atoms with E-state index in [2.05, 4.69) is 62.5 Å². The minimum Gasteiger partial charge on any atom is -0.457 e. The van der Waals surface area contributed by atoms with Crippen LogP contribution < -0.4 is 0 Å². The summed E-state index contributed by atoms with van der Waals surface area (Å²) < 4.78 is 34.4. The molecule has 2 saturated heterocycles. The summed E-state index contributed by atoms with van der Waals surface area (Å²) in [6, 6.07) is 0. The van der Waals surface area contributed by atoms with Crippen LogP contribution in [0, 0.1) is 0 Å². The molecule has 0 spiro atoms. The van der Waals surface area contributed by atoms with Crippen molar-refractivity contribution in [2.45, 2.75) is 293 Å². The first-order valence-electron chi connectivity index (χ1n) is 29.7. The lowest BCUT2D eigenvalue weighted by atomic mass is 9.98. The van der Waals surface area contributed by atoms with Crippen LogP contribution in [0.3, 0.4) is 0 Å². The Morgan fingerprint density at radius 2 is 0.838 bits per heavy atom. The summed E-state index contributed by atoms with van der Waals surface area (Å²) in [6.07, 6.45) is 40.3. The fraction of sp³-hybridized carbons (Fsp3) is 0.850. The molecule has 0 aromatic carbocycles. The lowest BCUT2D eigenvalue weighted by molar-refractivity contribution is -0.332. The Hall–Kier alpha value is -2.05. The normalized spacial score (nSPS) is 25.1. The average Bonchev–Trinajstić information content (AvgIpc) is 3.40. The third-order valence-electron chi connectivity index (χ3n) is 14.1. The van der Waals surface area contributed by atoms with Crippen LogP contribution in [0.5, 0.6) is 0 Å². The standard InChI is InChI=1S/C60H108O14/c1-3-5-7-9-11-13-15-17-19-21-22-23-24-25-26-27-28-30-32-34-36-38-40-42-44-69-46-49(72-52(62)43-41-39-37-35-33-31-29-20-18-16-14-12-10-8-6-4-2)47-70-59-58(68)56(66)54(64)51(74-59)48-71-60-57(67)55(65)53(63)50(45-61)73-60/h14-17,20-22,29,49-51,53-61,63-68H,3-13,18-19,23-28,30-48H2,1-2H3/b16-14-,17-15-,22-21-,29-20-. The fourth-order valence-corrected chi connectivity index (χ4v) is 9.23. The van der Waals surface area contributed by atoms with Crippen molar-refractivity contribution in [3.05, 3.63) is 48.6 Å². The maximum absolute atomic E-state index is 13.1. The van der Waals surface area contributed by atoms with Crippen LogP contribution in [0.2, 0.25) is 0 Å². The number of hydrogen-bond acceptors (Lipinski definition) is 14. The maximum atomic E-state index is 13.1. The van der Waals surface area contributed by atoms with Gasteiger partial charge in [0.05, 0.1) is 26.4 Å². The summed E-state index contributed by atoms with van der Waals surface area (Å²) in [4.78, 5) is 13.1. The SMILES string of the molecule is CCCCCC/C=C\C/C=C\CCCCCCCC(=O)OC(COCCCCCCCCCCCCCC/C=C\C/C=C\CCCCCCC)COC1OC(COC2OC(CO)C(O)C(O)C2O)C(O)C(O)C1O. The fourth-order valence-electron chi connectivity index (χ4n) is 9.23. The minimum absolute atomic E-state index is 0.0549. The van der Waals surface area contributed by atoms with Crippen LogP contribution in [0.15, 0.2) is 48.6 Å². The van der Waals surface area contributed by atoms with Gasteiger partial charge in [-0.15, -0.1) is 0 Å². The molecule has 0 saturated carbocycles. The molecule has 2 heterocycles. The molecule has 7 N–H and O–H groups in total. The van der Waals surface area contributed by atoms with Crippen LogP contribution in [0.25, 0.3) is 0 Å². The number of carbonyl (C=O) groups excluding carboxylic acids is 1. The molecule has 0 amide bonds. The van der Waals surface area contributed by atoms with E-state index < -0.39 is 80.7 Å². The van der Waals surface area contributed by atoms with Crippen molar-refractivity contribution in [2.24, 2.45) is 0 Å². The summed E-state index contributed by atoms with van der Waals surface area (Å²) >= 11 is 0. The second-order valence-electron chi connectivity index (χ2n) is 20.8. The molecule has 0 aromatic rings. The van der Waals surface area contributed by atoms with Crippen LogP contribution in [0.1, 0.15) is 226 Å². The first kappa shape index (κ1) is 68.1. The third-order valence-corrected chi connectivity index (χ3v) is 14.1. The minimum atomic E-state index is -1.71. The Balaban J connectivity index is 1.70. The van der Waals surface area contributed by atoms with Gasteiger partial charge >= 0.3 is 5.97 Å². The van der Waals surface area contributed by atoms with Gasteiger partial charge in [-0.1, -0.05) is 191 Å². The smallest absolute Gasteiger partial charge is 0.306 e. The largest absolute Gasteiger partial charge is 0.457 e. The molecule has 2 aliphatic rings. The molecule has 0 aliphatic carbocycles. The highest BCUT2D eigenvalue weighted by Crippen LogP contribution is 2.27. The number of ether oxygens (including phenoxy) is 6. The van der Waals surface area contributed by atoms with Gasteiger partial charge in [0.25, 0.3) is 0 Å². The number of aliphatic hydroxyl groups is 7. The molecule has 11 unspecified atom stereocenters. The summed E-state index contributed by atoms with van der Waals surface area (Å²) in [5.74, 6) is -0.389. The molecule has 2 fully saturated rings. The molecule has 14 heteroatoms. The van der Waals surface area contributed by atoms with Crippen molar-refractivity contribution in [3.8, 4) is 0 Å². The van der Waals surface area contributed by atoms with Gasteiger partial charge < -0.3 is 64.2 Å². The number of hydrogen-bond donors (Lipinski definition) is 7. The van der Waals surface area contributed by atoms with Gasteiger partial charge in [0, 0.05) is 13.0 Å². The second kappa shape index (κ2) is 47.0. The van der Waals surface area contributed by atoms with Crippen molar-refractivity contribution in [1.82, 2.24) is 0 Å². The zero-order valence-electron chi connectivity index (χ0n) is 46.3.